The number of amidine groups is 1. The highest BCUT2D eigenvalue weighted by molar-refractivity contribution is 6.24. The Bertz CT molecular complexity index is 1260. The number of rotatable bonds is 3. The number of pyridine rings is 1. The van der Waals surface area contributed by atoms with Crippen LogP contribution in [0.1, 0.15) is 73.2 Å². The summed E-state index contributed by atoms with van der Waals surface area (Å²) in [4.78, 5) is 9.50. The highest BCUT2D eigenvalue weighted by atomic mass is 14.9. The van der Waals surface area contributed by atoms with E-state index in [1.165, 1.54) is 31.2 Å². The van der Waals surface area contributed by atoms with Gasteiger partial charge in [0.15, 0.2) is 0 Å². The van der Waals surface area contributed by atoms with E-state index >= 15 is 0 Å². The van der Waals surface area contributed by atoms with Crippen LogP contribution in [0.2, 0.25) is 0 Å². The quantitative estimate of drug-likeness (QED) is 0.323. The van der Waals surface area contributed by atoms with Gasteiger partial charge in [-0.2, -0.15) is 0 Å². The third-order valence-electron chi connectivity index (χ3n) is 8.78. The van der Waals surface area contributed by atoms with Crippen LogP contribution in [0, 0.1) is 16.7 Å². The van der Waals surface area contributed by atoms with Crippen LogP contribution in [0.15, 0.2) is 76.7 Å². The van der Waals surface area contributed by atoms with Crippen LogP contribution < -0.4 is 5.73 Å². The molecule has 2 aromatic rings. The third-order valence-corrected chi connectivity index (χ3v) is 8.78. The summed E-state index contributed by atoms with van der Waals surface area (Å²) in [5.41, 5.74) is 17.9. The number of aromatic nitrogens is 1. The number of nitrogens with one attached hydrogen (secondary N) is 1. The molecule has 35 heavy (non-hydrogen) atoms. The molecule has 1 fully saturated rings. The summed E-state index contributed by atoms with van der Waals surface area (Å²) in [6.07, 6.45) is 17.3. The molecule has 0 radical (unpaired) electrons. The molecule has 3 N–H and O–H groups in total. The zero-order chi connectivity index (χ0) is 23.8. The molecule has 1 aromatic heterocycles. The third kappa shape index (κ3) is 4.21. The fraction of sp³-hybridized carbons (Fsp3) is 0.419. The second kappa shape index (κ2) is 9.09. The lowest BCUT2D eigenvalue weighted by molar-refractivity contribution is 0.173. The molecule has 2 heterocycles. The van der Waals surface area contributed by atoms with Crippen molar-refractivity contribution in [2.75, 3.05) is 0 Å². The molecule has 178 valence electrons. The average molecular weight is 463 g/mol. The second-order valence-corrected chi connectivity index (χ2v) is 10.9. The highest BCUT2D eigenvalue weighted by Crippen LogP contribution is 2.50. The fourth-order valence-corrected chi connectivity index (χ4v) is 6.86. The van der Waals surface area contributed by atoms with Gasteiger partial charge in [-0.3, -0.25) is 4.98 Å². The summed E-state index contributed by atoms with van der Waals surface area (Å²) in [7, 11) is 0. The Balaban J connectivity index is 1.17. The first kappa shape index (κ1) is 22.2. The molecule has 3 aliphatic carbocycles. The van der Waals surface area contributed by atoms with Crippen LogP contribution in [0.4, 0.5) is 0 Å². The van der Waals surface area contributed by atoms with Crippen molar-refractivity contribution in [2.45, 2.75) is 70.1 Å². The van der Waals surface area contributed by atoms with Crippen LogP contribution in [0.3, 0.4) is 0 Å². The zero-order valence-electron chi connectivity index (χ0n) is 20.4. The molecular weight excluding hydrogens is 428 g/mol. The molecule has 1 unspecified atom stereocenters. The monoisotopic (exact) mass is 462 g/mol. The lowest BCUT2D eigenvalue weighted by Crippen LogP contribution is -2.29. The Labute approximate surface area is 208 Å². The maximum atomic E-state index is 9.08. The summed E-state index contributed by atoms with van der Waals surface area (Å²) < 4.78 is 0. The second-order valence-electron chi connectivity index (χ2n) is 10.9. The first-order chi connectivity index (χ1) is 17.1. The molecule has 0 saturated heterocycles. The maximum absolute atomic E-state index is 9.08. The highest BCUT2D eigenvalue weighted by Gasteiger charge is 2.40. The number of hydrogen-bond acceptors (Lipinski definition) is 4. The van der Waals surface area contributed by atoms with Gasteiger partial charge < -0.3 is 11.1 Å². The van der Waals surface area contributed by atoms with Gasteiger partial charge in [-0.05, 0) is 98.1 Å². The van der Waals surface area contributed by atoms with E-state index in [2.05, 4.69) is 47.1 Å². The summed E-state index contributed by atoms with van der Waals surface area (Å²) in [6.45, 7) is 0. The minimum atomic E-state index is 0.00550. The summed E-state index contributed by atoms with van der Waals surface area (Å²) >= 11 is 0. The predicted molar refractivity (Wildman–Crippen MR) is 142 cm³/mol. The summed E-state index contributed by atoms with van der Waals surface area (Å²) in [5.74, 6) is 0.876. The normalized spacial score (nSPS) is 23.4. The van der Waals surface area contributed by atoms with E-state index in [4.69, 9.17) is 16.1 Å². The van der Waals surface area contributed by atoms with Gasteiger partial charge in [0, 0.05) is 29.4 Å². The van der Waals surface area contributed by atoms with Crippen LogP contribution in [-0.2, 0) is 19.3 Å². The van der Waals surface area contributed by atoms with Crippen LogP contribution in [-0.4, -0.2) is 16.5 Å². The van der Waals surface area contributed by atoms with E-state index in [1.807, 2.05) is 18.3 Å². The van der Waals surface area contributed by atoms with Gasteiger partial charge in [0.25, 0.3) is 0 Å². The largest absolute Gasteiger partial charge is 0.383 e. The summed E-state index contributed by atoms with van der Waals surface area (Å²) in [5, 5.41) is 9.08. The number of fused-ring (bicyclic) bond motifs is 2. The van der Waals surface area contributed by atoms with Gasteiger partial charge in [0.1, 0.15) is 5.84 Å². The Morgan fingerprint density at radius 2 is 1.77 bits per heavy atom. The minimum Gasteiger partial charge on any atom is -0.383 e. The van der Waals surface area contributed by atoms with E-state index < -0.39 is 0 Å². The van der Waals surface area contributed by atoms with Crippen molar-refractivity contribution in [3.05, 3.63) is 94.1 Å². The van der Waals surface area contributed by atoms with Gasteiger partial charge in [-0.15, -0.1) is 5.73 Å². The number of aliphatic imine (C=N–C) groups is 1. The number of aryl methyl sites for hydroxylation is 1. The van der Waals surface area contributed by atoms with Crippen molar-refractivity contribution in [2.24, 2.45) is 22.1 Å². The SMILES string of the molecule is N=C(C1=C=CC=C(C2CCC3(CC2)Cc2ccccc2C3)N=C1N)C1CCCCc2ncccc21. The molecule has 0 bridgehead atoms. The first-order valence-corrected chi connectivity index (χ1v) is 13.2. The van der Waals surface area contributed by atoms with Gasteiger partial charge >= 0.3 is 0 Å². The molecular formula is C31H34N4. The van der Waals surface area contributed by atoms with Gasteiger partial charge in [0.2, 0.25) is 0 Å². The molecule has 1 spiro atoms. The standard InChI is InChI=1S/C31H34N4/c32-29(25-9-3-4-12-28-24(25)11-6-18-34-28)26-10-5-13-27(35-30(26)33)21-14-16-31(17-15-21)19-22-7-1-2-8-23(22)20-31/h1-2,5-8,11,13,18,21,25,32H,3-4,9,12,14-17,19-20H2,(H2,33,35). The number of allylic oxidation sites excluding steroid dienone is 2. The van der Waals surface area contributed by atoms with Crippen molar-refractivity contribution in [3.63, 3.8) is 0 Å². The molecule has 1 saturated carbocycles. The van der Waals surface area contributed by atoms with Crippen molar-refractivity contribution >= 4 is 11.5 Å². The molecule has 4 heteroatoms. The van der Waals surface area contributed by atoms with Crippen LogP contribution >= 0.6 is 0 Å². The Morgan fingerprint density at radius 3 is 2.54 bits per heavy atom. The first-order valence-electron chi connectivity index (χ1n) is 13.2. The number of nitrogens with zero attached hydrogens (tertiary/aromatic N) is 2. The Hall–Kier alpha value is -3.23. The Kier molecular flexibility index (Phi) is 5.78. The Morgan fingerprint density at radius 1 is 1.00 bits per heavy atom. The van der Waals surface area contributed by atoms with E-state index in [0.717, 1.165) is 49.9 Å². The lowest BCUT2D eigenvalue weighted by Gasteiger charge is -2.37. The summed E-state index contributed by atoms with van der Waals surface area (Å²) in [6, 6.07) is 13.1. The van der Waals surface area contributed by atoms with Crippen molar-refractivity contribution in [1.82, 2.24) is 4.98 Å². The predicted octanol–water partition coefficient (Wildman–Crippen LogP) is 6.22. The van der Waals surface area contributed by atoms with Gasteiger partial charge in [-0.25, -0.2) is 4.99 Å². The van der Waals surface area contributed by atoms with Crippen LogP contribution in [0.5, 0.6) is 0 Å². The lowest BCUT2D eigenvalue weighted by atomic mass is 9.68. The maximum Gasteiger partial charge on any atom is 0.140 e. The molecule has 4 aliphatic rings. The smallest absolute Gasteiger partial charge is 0.140 e. The van der Waals surface area contributed by atoms with Crippen molar-refractivity contribution in [3.8, 4) is 0 Å². The van der Waals surface area contributed by atoms with Crippen LogP contribution in [0.25, 0.3) is 0 Å². The fourth-order valence-electron chi connectivity index (χ4n) is 6.86. The van der Waals surface area contributed by atoms with Gasteiger partial charge in [0.05, 0.1) is 11.3 Å². The zero-order valence-corrected chi connectivity index (χ0v) is 20.4. The van der Waals surface area contributed by atoms with E-state index in [0.29, 0.717) is 28.5 Å². The van der Waals surface area contributed by atoms with E-state index in [9.17, 15) is 0 Å². The number of nitrogens with two attached hydrogens (primary N) is 1. The van der Waals surface area contributed by atoms with E-state index in [1.54, 1.807) is 11.1 Å². The van der Waals surface area contributed by atoms with Crippen molar-refractivity contribution in [1.29, 1.82) is 5.41 Å². The molecule has 1 aromatic carbocycles. The van der Waals surface area contributed by atoms with E-state index in [-0.39, 0.29) is 5.92 Å². The molecule has 6 rings (SSSR count). The topological polar surface area (TPSA) is 75.1 Å². The molecule has 0 amide bonds. The average Bonchev–Trinajstić information content (AvgIpc) is 2.99. The molecule has 1 atom stereocenters. The molecule has 1 aliphatic heterocycles. The molecule has 4 nitrogen and oxygen atoms in total. The minimum absolute atomic E-state index is 0.00550. The number of hydrogen-bond donors (Lipinski definition) is 2. The number of benzene rings is 1. The van der Waals surface area contributed by atoms with Gasteiger partial charge in [-0.1, -0.05) is 36.8 Å². The van der Waals surface area contributed by atoms with Crippen molar-refractivity contribution < 1.29 is 0 Å².